The summed E-state index contributed by atoms with van der Waals surface area (Å²) >= 11 is 7.53. The Morgan fingerprint density at radius 3 is 2.63 bits per heavy atom. The van der Waals surface area contributed by atoms with Gasteiger partial charge < -0.3 is 10.3 Å². The largest absolute Gasteiger partial charge is 0.334 e. The predicted octanol–water partition coefficient (Wildman–Crippen LogP) is 3.36. The number of benzene rings is 1. The van der Waals surface area contributed by atoms with Gasteiger partial charge in [0, 0.05) is 21.9 Å². The number of thioether (sulfide) groups is 1. The Morgan fingerprint density at radius 2 is 2.00 bits per heavy atom. The molecule has 0 spiro atoms. The summed E-state index contributed by atoms with van der Waals surface area (Å²) in [7, 11) is 0. The standard InChI is InChI=1S/C13H16ClN3OS/c1-13(2,15)8-19-7-11-16-12(18-17-11)9-3-5-10(14)6-4-9/h3-6H,7-8,15H2,1-2H3. The number of halogens is 1. The molecule has 2 N–H and O–H groups in total. The summed E-state index contributed by atoms with van der Waals surface area (Å²) in [5.74, 6) is 2.73. The van der Waals surface area contributed by atoms with E-state index in [0.717, 1.165) is 11.3 Å². The third-order valence-corrected chi connectivity index (χ3v) is 3.93. The molecule has 0 atom stereocenters. The average Bonchev–Trinajstić information content (AvgIpc) is 2.77. The van der Waals surface area contributed by atoms with Gasteiger partial charge in [0.1, 0.15) is 0 Å². The van der Waals surface area contributed by atoms with Gasteiger partial charge in [-0.25, -0.2) is 0 Å². The number of hydrogen-bond acceptors (Lipinski definition) is 5. The van der Waals surface area contributed by atoms with E-state index in [4.69, 9.17) is 21.9 Å². The fraction of sp³-hybridized carbons (Fsp3) is 0.385. The van der Waals surface area contributed by atoms with Crippen LogP contribution in [0.5, 0.6) is 0 Å². The second-order valence-electron chi connectivity index (χ2n) is 5.00. The number of nitrogens with zero attached hydrogens (tertiary/aromatic N) is 2. The van der Waals surface area contributed by atoms with Crippen LogP contribution >= 0.6 is 23.4 Å². The highest BCUT2D eigenvalue weighted by Gasteiger charge is 2.13. The highest BCUT2D eigenvalue weighted by atomic mass is 35.5. The zero-order valence-electron chi connectivity index (χ0n) is 10.9. The second-order valence-corrected chi connectivity index (χ2v) is 6.43. The first kappa shape index (κ1) is 14.4. The van der Waals surface area contributed by atoms with Gasteiger partial charge in [-0.1, -0.05) is 16.8 Å². The molecule has 1 aromatic carbocycles. The summed E-state index contributed by atoms with van der Waals surface area (Å²) in [5.41, 5.74) is 6.59. The predicted molar refractivity (Wildman–Crippen MR) is 79.2 cm³/mol. The Balaban J connectivity index is 1.97. The number of hydrogen-bond donors (Lipinski definition) is 1. The van der Waals surface area contributed by atoms with Crippen molar-refractivity contribution in [2.24, 2.45) is 5.73 Å². The molecule has 6 heteroatoms. The van der Waals surface area contributed by atoms with Crippen LogP contribution in [-0.4, -0.2) is 21.4 Å². The van der Waals surface area contributed by atoms with Gasteiger partial charge in [-0.3, -0.25) is 0 Å². The summed E-state index contributed by atoms with van der Waals surface area (Å²) in [6.45, 7) is 3.99. The van der Waals surface area contributed by atoms with Crippen LogP contribution in [0.15, 0.2) is 28.8 Å². The fourth-order valence-corrected chi connectivity index (χ4v) is 2.48. The number of nitrogens with two attached hydrogens (primary N) is 1. The molecule has 0 radical (unpaired) electrons. The van der Waals surface area contributed by atoms with Gasteiger partial charge in [0.15, 0.2) is 5.82 Å². The van der Waals surface area contributed by atoms with Gasteiger partial charge in [-0.15, -0.1) is 0 Å². The van der Waals surface area contributed by atoms with Crippen molar-refractivity contribution in [3.63, 3.8) is 0 Å². The van der Waals surface area contributed by atoms with E-state index in [9.17, 15) is 0 Å². The molecule has 0 fully saturated rings. The Morgan fingerprint density at radius 1 is 1.32 bits per heavy atom. The number of rotatable bonds is 5. The lowest BCUT2D eigenvalue weighted by Gasteiger charge is -2.16. The van der Waals surface area contributed by atoms with Gasteiger partial charge in [0.05, 0.1) is 5.75 Å². The molecule has 102 valence electrons. The maximum Gasteiger partial charge on any atom is 0.257 e. The quantitative estimate of drug-likeness (QED) is 0.916. The van der Waals surface area contributed by atoms with E-state index in [0.29, 0.717) is 22.5 Å². The molecule has 0 bridgehead atoms. The van der Waals surface area contributed by atoms with Crippen LogP contribution in [0.3, 0.4) is 0 Å². The van der Waals surface area contributed by atoms with Crippen molar-refractivity contribution in [1.29, 1.82) is 0 Å². The second kappa shape index (κ2) is 5.94. The van der Waals surface area contributed by atoms with E-state index >= 15 is 0 Å². The van der Waals surface area contributed by atoms with E-state index < -0.39 is 0 Å². The SMILES string of the molecule is CC(C)(N)CSCc1noc(-c2ccc(Cl)cc2)n1. The van der Waals surface area contributed by atoms with Crippen molar-refractivity contribution >= 4 is 23.4 Å². The molecule has 2 aromatic rings. The number of aromatic nitrogens is 2. The Labute approximate surface area is 121 Å². The van der Waals surface area contributed by atoms with Crippen molar-refractivity contribution in [1.82, 2.24) is 10.1 Å². The molecule has 0 aliphatic carbocycles. The van der Waals surface area contributed by atoms with Crippen molar-refractivity contribution in [3.05, 3.63) is 35.1 Å². The maximum atomic E-state index is 5.91. The molecule has 0 amide bonds. The molecule has 0 saturated carbocycles. The Bertz CT molecular complexity index is 534. The topological polar surface area (TPSA) is 64.9 Å². The molecule has 2 rings (SSSR count). The lowest BCUT2D eigenvalue weighted by atomic mass is 10.1. The van der Waals surface area contributed by atoms with Gasteiger partial charge in [0.2, 0.25) is 0 Å². The molecule has 4 nitrogen and oxygen atoms in total. The van der Waals surface area contributed by atoms with Crippen molar-refractivity contribution < 1.29 is 4.52 Å². The van der Waals surface area contributed by atoms with Gasteiger partial charge in [-0.2, -0.15) is 16.7 Å². The summed E-state index contributed by atoms with van der Waals surface area (Å²) in [6.07, 6.45) is 0. The summed E-state index contributed by atoms with van der Waals surface area (Å²) in [5, 5.41) is 4.64. The van der Waals surface area contributed by atoms with Crippen LogP contribution < -0.4 is 5.73 Å². The van der Waals surface area contributed by atoms with Gasteiger partial charge in [-0.05, 0) is 38.1 Å². The monoisotopic (exact) mass is 297 g/mol. The van der Waals surface area contributed by atoms with Crippen LogP contribution in [0.4, 0.5) is 0 Å². The van der Waals surface area contributed by atoms with Crippen LogP contribution in [-0.2, 0) is 5.75 Å². The van der Waals surface area contributed by atoms with Crippen LogP contribution in [0.2, 0.25) is 5.02 Å². The van der Waals surface area contributed by atoms with Crippen molar-refractivity contribution in [2.75, 3.05) is 5.75 Å². The Hall–Kier alpha value is -1.04. The minimum atomic E-state index is -0.187. The molecule has 19 heavy (non-hydrogen) atoms. The first-order valence-electron chi connectivity index (χ1n) is 5.89. The first-order valence-corrected chi connectivity index (χ1v) is 7.42. The lowest BCUT2D eigenvalue weighted by molar-refractivity contribution is 0.425. The molecule has 0 saturated heterocycles. The van der Waals surface area contributed by atoms with Crippen LogP contribution in [0, 0.1) is 0 Å². The summed E-state index contributed by atoms with van der Waals surface area (Å²) in [4.78, 5) is 4.35. The maximum absolute atomic E-state index is 5.91. The smallest absolute Gasteiger partial charge is 0.257 e. The third-order valence-electron chi connectivity index (χ3n) is 2.26. The normalized spacial score (nSPS) is 11.8. The van der Waals surface area contributed by atoms with E-state index in [2.05, 4.69) is 10.1 Å². The summed E-state index contributed by atoms with van der Waals surface area (Å²) in [6, 6.07) is 7.31. The van der Waals surface area contributed by atoms with Crippen molar-refractivity contribution in [3.8, 4) is 11.5 Å². The lowest BCUT2D eigenvalue weighted by Crippen LogP contribution is -2.34. The Kier molecular flexibility index (Phi) is 4.50. The van der Waals surface area contributed by atoms with Crippen LogP contribution in [0.25, 0.3) is 11.5 Å². The van der Waals surface area contributed by atoms with Crippen LogP contribution in [0.1, 0.15) is 19.7 Å². The highest BCUT2D eigenvalue weighted by molar-refractivity contribution is 7.98. The van der Waals surface area contributed by atoms with E-state index in [1.807, 2.05) is 26.0 Å². The third kappa shape index (κ3) is 4.53. The highest BCUT2D eigenvalue weighted by Crippen LogP contribution is 2.21. The van der Waals surface area contributed by atoms with E-state index in [-0.39, 0.29) is 5.54 Å². The van der Waals surface area contributed by atoms with E-state index in [1.165, 1.54) is 0 Å². The molecule has 0 aliphatic heterocycles. The summed E-state index contributed by atoms with van der Waals surface area (Å²) < 4.78 is 5.22. The average molecular weight is 298 g/mol. The minimum absolute atomic E-state index is 0.187. The first-order chi connectivity index (χ1) is 8.94. The minimum Gasteiger partial charge on any atom is -0.334 e. The van der Waals surface area contributed by atoms with Gasteiger partial charge in [0.25, 0.3) is 5.89 Å². The zero-order valence-corrected chi connectivity index (χ0v) is 12.5. The van der Waals surface area contributed by atoms with Gasteiger partial charge >= 0.3 is 0 Å². The molecular weight excluding hydrogens is 282 g/mol. The molecular formula is C13H16ClN3OS. The molecule has 1 aromatic heterocycles. The molecule has 0 unspecified atom stereocenters. The zero-order chi connectivity index (χ0) is 13.9. The fourth-order valence-electron chi connectivity index (χ4n) is 1.43. The molecule has 0 aliphatic rings. The van der Waals surface area contributed by atoms with Crippen molar-refractivity contribution in [2.45, 2.75) is 25.1 Å². The van der Waals surface area contributed by atoms with E-state index in [1.54, 1.807) is 23.9 Å². The molecule has 1 heterocycles.